The van der Waals surface area contributed by atoms with Crippen LogP contribution < -0.4 is 15.9 Å². The van der Waals surface area contributed by atoms with E-state index in [4.69, 9.17) is 9.72 Å². The maximum atomic E-state index is 5.94. The first-order valence-electron chi connectivity index (χ1n) is 15.6. The summed E-state index contributed by atoms with van der Waals surface area (Å²) in [7, 11) is -2.38. The quantitative estimate of drug-likeness (QED) is 0.109. The zero-order chi connectivity index (χ0) is 32.5. The fourth-order valence-electron chi connectivity index (χ4n) is 5.92. The van der Waals surface area contributed by atoms with Gasteiger partial charge in [-0.3, -0.25) is 0 Å². The molecule has 0 atom stereocenters. The second-order valence-electron chi connectivity index (χ2n) is 11.1. The minimum atomic E-state index is -2.38. The van der Waals surface area contributed by atoms with Gasteiger partial charge in [0.05, 0.1) is 0 Å². The average Bonchev–Trinajstić information content (AvgIpc) is 3.80. The van der Waals surface area contributed by atoms with E-state index in [2.05, 4.69) is 163 Å². The molecule has 0 bridgehead atoms. The first-order chi connectivity index (χ1) is 23.2. The van der Waals surface area contributed by atoms with Crippen molar-refractivity contribution < 1.29 is 22.7 Å². The van der Waals surface area contributed by atoms with E-state index >= 15 is 0 Å². The summed E-state index contributed by atoms with van der Waals surface area (Å²) in [6.07, 6.45) is 15.1. The first kappa shape index (κ1) is 32.9. The second kappa shape index (κ2) is 15.7. The van der Waals surface area contributed by atoms with Gasteiger partial charge in [-0.25, -0.2) is 0 Å². The van der Waals surface area contributed by atoms with Crippen LogP contribution in [0.3, 0.4) is 0 Å². The Morgan fingerprint density at radius 3 is 1.91 bits per heavy atom. The second-order valence-corrected chi connectivity index (χ2v) is 16.1. The van der Waals surface area contributed by atoms with Gasteiger partial charge in [-0.2, -0.15) is 0 Å². The Bertz CT molecular complexity index is 1920. The Hall–Kier alpha value is -3.98. The van der Waals surface area contributed by atoms with E-state index in [1.807, 2.05) is 13.1 Å². The van der Waals surface area contributed by atoms with Crippen molar-refractivity contribution >= 4 is 46.7 Å². The van der Waals surface area contributed by atoms with E-state index in [-0.39, 0.29) is 0 Å². The van der Waals surface area contributed by atoms with Crippen molar-refractivity contribution in [3.8, 4) is 14.9 Å². The SMILES string of the molecule is CC=C1COCC1=CC(/C=C/c1ccc(-c2ccc(/C=C/C)s2)nc1)=C([C]#[Os])[P+](c1ccccc1)(c1ccccc1)c1ccccc1. The van der Waals surface area contributed by atoms with E-state index in [1.165, 1.54) is 42.1 Å². The Kier molecular flexibility index (Phi) is 11.0. The molecule has 0 N–H and O–H groups in total. The molecule has 1 saturated heterocycles. The summed E-state index contributed by atoms with van der Waals surface area (Å²) in [6.45, 7) is 5.36. The molecule has 5 heteroatoms. The molecule has 3 heterocycles. The number of hydrogen-bond acceptors (Lipinski definition) is 3. The van der Waals surface area contributed by atoms with Crippen LogP contribution in [-0.2, 0) is 22.7 Å². The van der Waals surface area contributed by atoms with Gasteiger partial charge >= 0.3 is 275 Å². The number of benzene rings is 3. The third-order valence-corrected chi connectivity index (χ3v) is 14.6. The number of hydrogen-bond donors (Lipinski definition) is 0. The van der Waals surface area contributed by atoms with E-state index in [1.54, 1.807) is 29.3 Å². The molecule has 1 aliphatic rings. The molecular formula is C42H36NOOsPS+. The molecule has 1 aliphatic heterocycles. The van der Waals surface area contributed by atoms with Crippen molar-refractivity contribution in [2.45, 2.75) is 13.8 Å². The van der Waals surface area contributed by atoms with Crippen LogP contribution in [0.15, 0.2) is 168 Å². The van der Waals surface area contributed by atoms with Crippen LogP contribution in [-0.4, -0.2) is 18.2 Å². The van der Waals surface area contributed by atoms with Crippen LogP contribution >= 0.6 is 18.6 Å². The first-order valence-corrected chi connectivity index (χ1v) is 19.5. The third-order valence-electron chi connectivity index (χ3n) is 8.18. The predicted octanol–water partition coefficient (Wildman–Crippen LogP) is 9.51. The Morgan fingerprint density at radius 2 is 1.38 bits per heavy atom. The molecule has 2 aromatic heterocycles. The molecule has 0 unspecified atom stereocenters. The number of thiophene rings is 1. The van der Waals surface area contributed by atoms with Gasteiger partial charge in [-0.15, -0.1) is 0 Å². The van der Waals surface area contributed by atoms with Gasteiger partial charge in [0.25, 0.3) is 0 Å². The molecule has 1 fully saturated rings. The summed E-state index contributed by atoms with van der Waals surface area (Å²) in [6, 6.07) is 41.5. The summed E-state index contributed by atoms with van der Waals surface area (Å²) >= 11 is 3.56. The third kappa shape index (κ3) is 7.15. The van der Waals surface area contributed by atoms with Crippen molar-refractivity contribution in [3.63, 3.8) is 0 Å². The monoisotopic (exact) mass is 825 g/mol. The molecule has 0 radical (unpaired) electrons. The number of aromatic nitrogens is 1. The zero-order valence-corrected chi connectivity index (χ0v) is 30.7. The molecule has 0 saturated carbocycles. The van der Waals surface area contributed by atoms with Crippen LogP contribution in [0.2, 0.25) is 0 Å². The summed E-state index contributed by atoms with van der Waals surface area (Å²) in [5.41, 5.74) is 5.60. The van der Waals surface area contributed by atoms with Gasteiger partial charge in [-0.1, -0.05) is 6.08 Å². The number of nitrogens with zero attached hydrogens (tertiary/aromatic N) is 1. The Labute approximate surface area is 293 Å². The van der Waals surface area contributed by atoms with Crippen LogP contribution in [0.1, 0.15) is 24.3 Å². The van der Waals surface area contributed by atoms with Crippen LogP contribution in [0.5, 0.6) is 0 Å². The number of ether oxygens (including phenoxy) is 1. The van der Waals surface area contributed by atoms with Crippen molar-refractivity contribution in [2.24, 2.45) is 0 Å². The van der Waals surface area contributed by atoms with Crippen molar-refractivity contribution in [1.82, 2.24) is 4.98 Å². The number of pyridine rings is 1. The van der Waals surface area contributed by atoms with Gasteiger partial charge in [0.2, 0.25) is 0 Å². The van der Waals surface area contributed by atoms with E-state index in [0.29, 0.717) is 13.2 Å². The standard InChI is InChI=1S/C42H36NOPS.Os/c1-4-15-40-25-27-42(46-40)41-26-23-33(29-43-41)22-24-35(28-36-31-44-30-34(36)5-2)32(3)45(37-16-9-6-10-17-37,38-18-11-7-12-19-38)39-20-13-8-14-21-39;/h4-29H,30-31H2,1-2H3;/q+1;/b15-4+,24-22+,34-5?,35-32?,36-28?;. The normalized spacial score (nSPS) is 15.9. The average molecular weight is 824 g/mol. The molecule has 5 aromatic rings. The van der Waals surface area contributed by atoms with Crippen molar-refractivity contribution in [2.75, 3.05) is 13.2 Å². The van der Waals surface area contributed by atoms with Gasteiger partial charge < -0.3 is 0 Å². The Balaban J connectivity index is 1.57. The maximum absolute atomic E-state index is 5.94. The summed E-state index contributed by atoms with van der Waals surface area (Å²) < 4.78 is 9.75. The summed E-state index contributed by atoms with van der Waals surface area (Å²) in [4.78, 5) is 7.25. The van der Waals surface area contributed by atoms with Gasteiger partial charge in [0.1, 0.15) is 0 Å². The van der Waals surface area contributed by atoms with Crippen LogP contribution in [0.4, 0.5) is 0 Å². The molecule has 3 aromatic carbocycles. The van der Waals surface area contributed by atoms with E-state index in [0.717, 1.165) is 16.8 Å². The van der Waals surface area contributed by atoms with E-state index in [9.17, 15) is 0 Å². The molecule has 2 nitrogen and oxygen atoms in total. The number of rotatable bonds is 9. The molecule has 0 spiro atoms. The molecule has 0 amide bonds. The van der Waals surface area contributed by atoms with Crippen molar-refractivity contribution in [3.05, 3.63) is 178 Å². The molecule has 47 heavy (non-hydrogen) atoms. The van der Waals surface area contributed by atoms with Crippen LogP contribution in [0.25, 0.3) is 22.7 Å². The van der Waals surface area contributed by atoms with Gasteiger partial charge in [-0.05, 0) is 13.0 Å². The molecular weight excluding hydrogens is 788 g/mol. The van der Waals surface area contributed by atoms with Crippen molar-refractivity contribution in [1.29, 1.82) is 0 Å². The van der Waals surface area contributed by atoms with Crippen LogP contribution in [0, 0.1) is 4.37 Å². The molecule has 233 valence electrons. The zero-order valence-electron chi connectivity index (χ0n) is 26.5. The Morgan fingerprint density at radius 1 is 0.766 bits per heavy atom. The molecule has 0 aliphatic carbocycles. The summed E-state index contributed by atoms with van der Waals surface area (Å²) in [5.74, 6) is 0. The minimum absolute atomic E-state index is 0.593. The van der Waals surface area contributed by atoms with Gasteiger partial charge in [0, 0.05) is 0 Å². The summed E-state index contributed by atoms with van der Waals surface area (Å²) in [5, 5.41) is 5.09. The van der Waals surface area contributed by atoms with Gasteiger partial charge in [0.15, 0.2) is 0 Å². The fraction of sp³-hybridized carbons (Fsp3) is 0.0952. The fourth-order valence-corrected chi connectivity index (χ4v) is 12.7. The molecule has 6 rings (SSSR count). The van der Waals surface area contributed by atoms with E-state index < -0.39 is 7.26 Å². The topological polar surface area (TPSA) is 22.1 Å². The number of allylic oxidation sites excluding steroid dienone is 6. The predicted molar refractivity (Wildman–Crippen MR) is 200 cm³/mol.